The quantitative estimate of drug-likeness (QED) is 0.678. The van der Waals surface area contributed by atoms with E-state index in [1.54, 1.807) is 0 Å². The first-order valence-corrected chi connectivity index (χ1v) is 8.66. The van der Waals surface area contributed by atoms with Gasteiger partial charge in [0.1, 0.15) is 0 Å². The Labute approximate surface area is 131 Å². The Morgan fingerprint density at radius 2 is 1.86 bits per heavy atom. The molecule has 0 radical (unpaired) electrons. The number of hydrogen-bond donors (Lipinski definition) is 1. The average Bonchev–Trinajstić information content (AvgIpc) is 2.35. The van der Waals surface area contributed by atoms with E-state index in [0.29, 0.717) is 11.3 Å². The highest BCUT2D eigenvalue weighted by Gasteiger charge is 2.57. The van der Waals surface area contributed by atoms with Gasteiger partial charge in [0.15, 0.2) is 0 Å². The van der Waals surface area contributed by atoms with Crippen LogP contribution < -0.4 is 0 Å². The van der Waals surface area contributed by atoms with E-state index < -0.39 is 5.60 Å². The van der Waals surface area contributed by atoms with E-state index in [4.69, 9.17) is 0 Å². The van der Waals surface area contributed by atoms with E-state index in [1.807, 2.05) is 6.08 Å². The van der Waals surface area contributed by atoms with Gasteiger partial charge in [0, 0.05) is 0 Å². The molecule has 2 saturated carbocycles. The van der Waals surface area contributed by atoms with Crippen molar-refractivity contribution >= 4 is 0 Å². The van der Waals surface area contributed by atoms with Crippen LogP contribution >= 0.6 is 0 Å². The van der Waals surface area contributed by atoms with E-state index >= 15 is 0 Å². The molecule has 0 aromatic heterocycles. The lowest BCUT2D eigenvalue weighted by molar-refractivity contribution is -0.168. The Kier molecular flexibility index (Phi) is 4.46. The molecule has 0 bridgehead atoms. The molecule has 2 aliphatic carbocycles. The third-order valence-corrected chi connectivity index (χ3v) is 6.80. The van der Waals surface area contributed by atoms with Crippen molar-refractivity contribution < 1.29 is 5.11 Å². The molecule has 0 aromatic carbocycles. The van der Waals surface area contributed by atoms with Gasteiger partial charge in [0.2, 0.25) is 0 Å². The number of hydrogen-bond acceptors (Lipinski definition) is 1. The summed E-state index contributed by atoms with van der Waals surface area (Å²) in [5, 5.41) is 11.0. The van der Waals surface area contributed by atoms with Crippen LogP contribution in [0.2, 0.25) is 0 Å². The monoisotopic (exact) mass is 290 g/mol. The van der Waals surface area contributed by atoms with Gasteiger partial charge in [-0.05, 0) is 68.1 Å². The first-order valence-electron chi connectivity index (χ1n) is 8.66. The Balaban J connectivity index is 2.28. The fourth-order valence-corrected chi connectivity index (χ4v) is 5.70. The van der Waals surface area contributed by atoms with Crippen molar-refractivity contribution in [2.24, 2.45) is 22.7 Å². The minimum absolute atomic E-state index is 0.269. The van der Waals surface area contributed by atoms with Crippen LogP contribution in [0.4, 0.5) is 0 Å². The van der Waals surface area contributed by atoms with Crippen LogP contribution in [0.15, 0.2) is 24.8 Å². The largest absolute Gasteiger partial charge is 0.390 e. The molecule has 21 heavy (non-hydrogen) atoms. The second kappa shape index (κ2) is 5.57. The van der Waals surface area contributed by atoms with Crippen molar-refractivity contribution in [2.75, 3.05) is 0 Å². The molecule has 2 rings (SSSR count). The highest BCUT2D eigenvalue weighted by molar-refractivity contribution is 5.13. The zero-order valence-corrected chi connectivity index (χ0v) is 14.5. The lowest BCUT2D eigenvalue weighted by atomic mass is 9.45. The van der Waals surface area contributed by atoms with Crippen molar-refractivity contribution in [3.63, 3.8) is 0 Å². The average molecular weight is 290 g/mol. The smallest absolute Gasteiger partial charge is 0.0653 e. The molecule has 0 spiro atoms. The maximum Gasteiger partial charge on any atom is 0.0653 e. The molecule has 0 aromatic rings. The molecule has 1 N–H and O–H groups in total. The van der Waals surface area contributed by atoms with Gasteiger partial charge >= 0.3 is 0 Å². The molecule has 2 fully saturated rings. The van der Waals surface area contributed by atoms with Gasteiger partial charge in [-0.25, -0.2) is 0 Å². The third kappa shape index (κ3) is 2.99. The Morgan fingerprint density at radius 3 is 2.48 bits per heavy atom. The maximum atomic E-state index is 11.0. The lowest BCUT2D eigenvalue weighted by Crippen LogP contribution is -2.57. The second-order valence-corrected chi connectivity index (χ2v) is 8.75. The number of rotatable bonds is 4. The molecular weight excluding hydrogens is 256 g/mol. The first kappa shape index (κ1) is 16.8. The maximum absolute atomic E-state index is 11.0. The summed E-state index contributed by atoms with van der Waals surface area (Å²) in [4.78, 5) is 0. The summed E-state index contributed by atoms with van der Waals surface area (Å²) < 4.78 is 0. The predicted octanol–water partition coefficient (Wildman–Crippen LogP) is 5.50. The summed E-state index contributed by atoms with van der Waals surface area (Å²) in [6.45, 7) is 17.3. The minimum Gasteiger partial charge on any atom is -0.390 e. The van der Waals surface area contributed by atoms with E-state index in [0.717, 1.165) is 30.8 Å². The molecule has 0 saturated heterocycles. The van der Waals surface area contributed by atoms with Crippen LogP contribution in [-0.4, -0.2) is 10.7 Å². The number of fused-ring (bicyclic) bond motifs is 1. The highest BCUT2D eigenvalue weighted by Crippen LogP contribution is 2.62. The molecule has 2 aliphatic rings. The van der Waals surface area contributed by atoms with E-state index in [9.17, 15) is 5.11 Å². The summed E-state index contributed by atoms with van der Waals surface area (Å²) in [5.74, 6) is 1.11. The fourth-order valence-electron chi connectivity index (χ4n) is 5.70. The molecule has 0 aliphatic heterocycles. The SMILES string of the molecule is C=CC(=C)CC[C@@H]1[C@@]2(C)CCCC(C)(C)[C@@H]2CC[C@]1(C)O. The van der Waals surface area contributed by atoms with Gasteiger partial charge in [0.05, 0.1) is 5.60 Å². The number of aliphatic hydroxyl groups is 1. The van der Waals surface area contributed by atoms with Crippen molar-refractivity contribution in [1.29, 1.82) is 0 Å². The van der Waals surface area contributed by atoms with Gasteiger partial charge in [0.25, 0.3) is 0 Å². The van der Waals surface area contributed by atoms with Gasteiger partial charge in [-0.1, -0.05) is 52.0 Å². The molecule has 120 valence electrons. The van der Waals surface area contributed by atoms with E-state index in [2.05, 4.69) is 40.9 Å². The predicted molar refractivity (Wildman–Crippen MR) is 91.1 cm³/mol. The Bertz CT molecular complexity index is 418. The molecule has 4 atom stereocenters. The standard InChI is InChI=1S/C20H34O/c1-7-15(2)9-10-17-19(5)13-8-12-18(3,4)16(19)11-14-20(17,6)21/h7,16-17,21H,1-2,8-14H2,3-6H3/t16-,17+,19-,20-/m0/s1. The van der Waals surface area contributed by atoms with Gasteiger partial charge < -0.3 is 5.11 Å². The van der Waals surface area contributed by atoms with Crippen LogP contribution in [0.5, 0.6) is 0 Å². The summed E-state index contributed by atoms with van der Waals surface area (Å²) in [6.07, 6.45) is 9.90. The van der Waals surface area contributed by atoms with Gasteiger partial charge in [-0.15, -0.1) is 0 Å². The normalized spacial score (nSPS) is 42.1. The molecule has 0 heterocycles. The van der Waals surface area contributed by atoms with Gasteiger partial charge in [-0.3, -0.25) is 0 Å². The van der Waals surface area contributed by atoms with Crippen molar-refractivity contribution in [2.45, 2.75) is 78.2 Å². The molecule has 1 nitrogen and oxygen atoms in total. The van der Waals surface area contributed by atoms with Crippen molar-refractivity contribution in [3.05, 3.63) is 24.8 Å². The van der Waals surface area contributed by atoms with Crippen LogP contribution in [0.25, 0.3) is 0 Å². The third-order valence-electron chi connectivity index (χ3n) is 6.80. The molecular formula is C20H34O. The van der Waals surface area contributed by atoms with Crippen LogP contribution in [0, 0.1) is 22.7 Å². The zero-order valence-electron chi connectivity index (χ0n) is 14.5. The topological polar surface area (TPSA) is 20.2 Å². The summed E-state index contributed by atoms with van der Waals surface area (Å²) in [5.41, 5.74) is 1.26. The highest BCUT2D eigenvalue weighted by atomic mass is 16.3. The van der Waals surface area contributed by atoms with Crippen molar-refractivity contribution in [1.82, 2.24) is 0 Å². The molecule has 0 unspecified atom stereocenters. The van der Waals surface area contributed by atoms with Crippen LogP contribution in [0.3, 0.4) is 0 Å². The van der Waals surface area contributed by atoms with Gasteiger partial charge in [-0.2, -0.15) is 0 Å². The molecule has 0 amide bonds. The Morgan fingerprint density at radius 1 is 1.19 bits per heavy atom. The van der Waals surface area contributed by atoms with Crippen molar-refractivity contribution in [3.8, 4) is 0 Å². The zero-order chi connectivity index (χ0) is 15.9. The van der Waals surface area contributed by atoms with E-state index in [1.165, 1.54) is 25.7 Å². The molecule has 1 heteroatoms. The lowest BCUT2D eigenvalue weighted by Gasteiger charge is -2.61. The summed E-state index contributed by atoms with van der Waals surface area (Å²) >= 11 is 0. The van der Waals surface area contributed by atoms with Crippen LogP contribution in [-0.2, 0) is 0 Å². The summed E-state index contributed by atoms with van der Waals surface area (Å²) in [7, 11) is 0. The Hall–Kier alpha value is -0.560. The number of allylic oxidation sites excluding steroid dienone is 2. The van der Waals surface area contributed by atoms with E-state index in [-0.39, 0.29) is 5.41 Å². The fraction of sp³-hybridized carbons (Fsp3) is 0.800. The van der Waals surface area contributed by atoms with Crippen LogP contribution in [0.1, 0.15) is 72.6 Å². The minimum atomic E-state index is -0.528. The first-order chi connectivity index (χ1) is 9.63. The second-order valence-electron chi connectivity index (χ2n) is 8.75. The summed E-state index contributed by atoms with van der Waals surface area (Å²) in [6, 6.07) is 0.